The van der Waals surface area contributed by atoms with Gasteiger partial charge >= 0.3 is 6.18 Å². The molecule has 86 valence electrons. The highest BCUT2D eigenvalue weighted by Crippen LogP contribution is 2.12. The van der Waals surface area contributed by atoms with Gasteiger partial charge in [0.05, 0.1) is 0 Å². The molecule has 5 heteroatoms. The van der Waals surface area contributed by atoms with Crippen LogP contribution >= 0.6 is 0 Å². The lowest BCUT2D eigenvalue weighted by Crippen LogP contribution is -2.32. The number of carbonyl (C=O) groups is 1. The van der Waals surface area contributed by atoms with E-state index in [0.29, 0.717) is 0 Å². The third-order valence-corrected chi connectivity index (χ3v) is 1.69. The molecule has 0 saturated heterocycles. The molecule has 2 nitrogen and oxygen atoms in total. The van der Waals surface area contributed by atoms with Crippen molar-refractivity contribution in [1.29, 1.82) is 0 Å². The Balaban J connectivity index is 2.43. The van der Waals surface area contributed by atoms with Gasteiger partial charge in [0.15, 0.2) is 0 Å². The summed E-state index contributed by atoms with van der Waals surface area (Å²) in [6.45, 7) is -1.31. The molecule has 0 heterocycles. The number of alkyl halides is 3. The summed E-state index contributed by atoms with van der Waals surface area (Å²) in [5.41, 5.74) is 0.754. The van der Waals surface area contributed by atoms with Gasteiger partial charge in [0.2, 0.25) is 5.91 Å². The molecule has 1 amide bonds. The molecule has 1 N–H and O–H groups in total. The minimum absolute atomic E-state index is 0.754. The van der Waals surface area contributed by atoms with Crippen LogP contribution in [0.3, 0.4) is 0 Å². The van der Waals surface area contributed by atoms with Crippen molar-refractivity contribution in [2.45, 2.75) is 6.18 Å². The Morgan fingerprint density at radius 2 is 1.88 bits per heavy atom. The molecule has 1 aromatic rings. The van der Waals surface area contributed by atoms with Gasteiger partial charge in [0.1, 0.15) is 6.54 Å². The molecule has 0 unspecified atom stereocenters. The zero-order valence-corrected chi connectivity index (χ0v) is 8.29. The van der Waals surface area contributed by atoms with E-state index in [2.05, 4.69) is 0 Å². The van der Waals surface area contributed by atoms with Crippen molar-refractivity contribution in [3.8, 4) is 0 Å². The number of carbonyl (C=O) groups excluding carboxylic acids is 1. The molecular weight excluding hydrogens is 219 g/mol. The molecule has 0 fully saturated rings. The number of nitrogens with one attached hydrogen (secondary N) is 1. The molecule has 0 aromatic heterocycles. The van der Waals surface area contributed by atoms with E-state index in [1.807, 2.05) is 0 Å². The molecule has 1 rings (SSSR count). The molecule has 0 aliphatic rings. The Labute approximate surface area is 90.8 Å². The van der Waals surface area contributed by atoms with Gasteiger partial charge in [-0.3, -0.25) is 4.79 Å². The van der Waals surface area contributed by atoms with Crippen LogP contribution in [0.4, 0.5) is 13.2 Å². The Bertz CT molecular complexity index is 371. The summed E-state index contributed by atoms with van der Waals surface area (Å²) < 4.78 is 35.2. The highest BCUT2D eigenvalue weighted by atomic mass is 19.4. The van der Waals surface area contributed by atoms with Crippen molar-refractivity contribution in [3.63, 3.8) is 0 Å². The summed E-state index contributed by atoms with van der Waals surface area (Å²) in [5, 5.41) is 1.74. The molecular formula is C11H10F3NO. The maximum Gasteiger partial charge on any atom is 0.405 e. The number of rotatable bonds is 3. The lowest BCUT2D eigenvalue weighted by atomic mass is 10.2. The van der Waals surface area contributed by atoms with Crippen LogP contribution in [0, 0.1) is 0 Å². The van der Waals surface area contributed by atoms with E-state index in [4.69, 9.17) is 0 Å². The second kappa shape index (κ2) is 5.34. The first-order chi connectivity index (χ1) is 7.47. The number of hydrogen-bond acceptors (Lipinski definition) is 1. The zero-order valence-electron chi connectivity index (χ0n) is 8.29. The third kappa shape index (κ3) is 5.19. The molecule has 0 saturated carbocycles. The normalized spacial score (nSPS) is 11.7. The summed E-state index contributed by atoms with van der Waals surface area (Å²) in [6.07, 6.45) is -1.86. The van der Waals surface area contributed by atoms with Gasteiger partial charge in [-0.05, 0) is 11.6 Å². The predicted molar refractivity (Wildman–Crippen MR) is 54.5 cm³/mol. The van der Waals surface area contributed by atoms with Crippen LogP contribution in [0.25, 0.3) is 6.08 Å². The second-order valence-corrected chi connectivity index (χ2v) is 3.08. The van der Waals surface area contributed by atoms with E-state index < -0.39 is 18.6 Å². The Morgan fingerprint density at radius 3 is 2.44 bits per heavy atom. The average molecular weight is 229 g/mol. The Kier molecular flexibility index (Phi) is 4.10. The number of hydrogen-bond donors (Lipinski definition) is 1. The second-order valence-electron chi connectivity index (χ2n) is 3.08. The topological polar surface area (TPSA) is 29.1 Å². The van der Waals surface area contributed by atoms with Gasteiger partial charge < -0.3 is 5.32 Å². The summed E-state index contributed by atoms with van der Waals surface area (Å²) in [7, 11) is 0. The number of halogens is 3. The van der Waals surface area contributed by atoms with Crippen LogP contribution in [0.5, 0.6) is 0 Å². The predicted octanol–water partition coefficient (Wildman–Crippen LogP) is 2.38. The standard InChI is InChI=1S/C11H10F3NO/c12-11(13,14)8-15-10(16)7-6-9-4-2-1-3-5-9/h1-7H,8H2,(H,15,16)/b7-6+. The van der Waals surface area contributed by atoms with E-state index in [1.54, 1.807) is 35.6 Å². The van der Waals surface area contributed by atoms with Crippen LogP contribution in [-0.4, -0.2) is 18.6 Å². The first-order valence-electron chi connectivity index (χ1n) is 4.55. The van der Waals surface area contributed by atoms with Crippen LogP contribution in [0.1, 0.15) is 5.56 Å². The third-order valence-electron chi connectivity index (χ3n) is 1.69. The van der Waals surface area contributed by atoms with E-state index in [0.717, 1.165) is 11.6 Å². The molecule has 16 heavy (non-hydrogen) atoms. The molecule has 0 atom stereocenters. The first kappa shape index (κ1) is 12.3. The maximum absolute atomic E-state index is 11.7. The van der Waals surface area contributed by atoms with Crippen LogP contribution in [-0.2, 0) is 4.79 Å². The molecule has 0 aliphatic carbocycles. The molecule has 1 aromatic carbocycles. The summed E-state index contributed by atoms with van der Waals surface area (Å²) in [5.74, 6) is -0.763. The fraction of sp³-hybridized carbons (Fsp3) is 0.182. The van der Waals surface area contributed by atoms with Crippen molar-refractivity contribution in [3.05, 3.63) is 42.0 Å². The lowest BCUT2D eigenvalue weighted by molar-refractivity contribution is -0.135. The number of amides is 1. The monoisotopic (exact) mass is 229 g/mol. The van der Waals surface area contributed by atoms with E-state index in [1.165, 1.54) is 6.08 Å². The zero-order chi connectivity index (χ0) is 12.0. The smallest absolute Gasteiger partial charge is 0.343 e. The first-order valence-corrected chi connectivity index (χ1v) is 4.55. The quantitative estimate of drug-likeness (QED) is 0.792. The summed E-state index contributed by atoms with van der Waals surface area (Å²) >= 11 is 0. The van der Waals surface area contributed by atoms with E-state index in [9.17, 15) is 18.0 Å². The van der Waals surface area contributed by atoms with Gasteiger partial charge in [0, 0.05) is 6.08 Å². The lowest BCUT2D eigenvalue weighted by Gasteiger charge is -2.05. The van der Waals surface area contributed by atoms with Gasteiger partial charge in [-0.1, -0.05) is 30.3 Å². The highest BCUT2D eigenvalue weighted by Gasteiger charge is 2.27. The largest absolute Gasteiger partial charge is 0.405 e. The summed E-state index contributed by atoms with van der Waals surface area (Å²) in [6, 6.07) is 8.84. The highest BCUT2D eigenvalue weighted by molar-refractivity contribution is 5.91. The molecule has 0 bridgehead atoms. The molecule has 0 radical (unpaired) electrons. The minimum Gasteiger partial charge on any atom is -0.343 e. The average Bonchev–Trinajstić information content (AvgIpc) is 2.24. The van der Waals surface area contributed by atoms with E-state index in [-0.39, 0.29) is 0 Å². The molecule has 0 aliphatic heterocycles. The minimum atomic E-state index is -4.38. The van der Waals surface area contributed by atoms with Crippen molar-refractivity contribution >= 4 is 12.0 Å². The molecule has 0 spiro atoms. The summed E-state index contributed by atoms with van der Waals surface area (Å²) in [4.78, 5) is 11.0. The SMILES string of the molecule is O=C(/C=C/c1ccccc1)NCC(F)(F)F. The van der Waals surface area contributed by atoms with Gasteiger partial charge in [0.25, 0.3) is 0 Å². The van der Waals surface area contributed by atoms with Crippen LogP contribution in [0.2, 0.25) is 0 Å². The van der Waals surface area contributed by atoms with Crippen molar-refractivity contribution < 1.29 is 18.0 Å². The van der Waals surface area contributed by atoms with Crippen LogP contribution in [0.15, 0.2) is 36.4 Å². The Hall–Kier alpha value is -1.78. The van der Waals surface area contributed by atoms with Crippen molar-refractivity contribution in [2.75, 3.05) is 6.54 Å². The van der Waals surface area contributed by atoms with Gasteiger partial charge in [-0.25, -0.2) is 0 Å². The van der Waals surface area contributed by atoms with Crippen LogP contribution < -0.4 is 5.32 Å². The Morgan fingerprint density at radius 1 is 1.25 bits per heavy atom. The van der Waals surface area contributed by atoms with Gasteiger partial charge in [-0.15, -0.1) is 0 Å². The van der Waals surface area contributed by atoms with E-state index >= 15 is 0 Å². The van der Waals surface area contributed by atoms with Crippen molar-refractivity contribution in [1.82, 2.24) is 5.32 Å². The van der Waals surface area contributed by atoms with Crippen molar-refractivity contribution in [2.24, 2.45) is 0 Å². The fourth-order valence-electron chi connectivity index (χ4n) is 0.982. The fourth-order valence-corrected chi connectivity index (χ4v) is 0.982. The van der Waals surface area contributed by atoms with Gasteiger partial charge in [-0.2, -0.15) is 13.2 Å². The maximum atomic E-state index is 11.7. The number of benzene rings is 1.